The molecule has 0 radical (unpaired) electrons. The molecule has 1 aliphatic heterocycles. The summed E-state index contributed by atoms with van der Waals surface area (Å²) in [7, 11) is 0. The lowest BCUT2D eigenvalue weighted by molar-refractivity contribution is 0.0689. The van der Waals surface area contributed by atoms with Crippen molar-refractivity contribution in [1.82, 2.24) is 4.90 Å². The molecule has 1 aliphatic rings. The second-order valence-electron chi connectivity index (χ2n) is 6.45. The highest BCUT2D eigenvalue weighted by molar-refractivity contribution is 5.35. The van der Waals surface area contributed by atoms with Crippen LogP contribution < -0.4 is 4.74 Å². The maximum atomic E-state index is 10.5. The van der Waals surface area contributed by atoms with Crippen LogP contribution in [-0.4, -0.2) is 36.2 Å². The van der Waals surface area contributed by atoms with E-state index in [2.05, 4.69) is 18.7 Å². The monoisotopic (exact) mass is 277 g/mol. The molecule has 0 saturated carbocycles. The molecule has 1 aromatic rings. The van der Waals surface area contributed by atoms with Crippen LogP contribution in [0.5, 0.6) is 5.75 Å². The van der Waals surface area contributed by atoms with Gasteiger partial charge in [0.15, 0.2) is 0 Å². The molecule has 112 valence electrons. The molecule has 1 aromatic carbocycles. The quantitative estimate of drug-likeness (QED) is 0.897. The summed E-state index contributed by atoms with van der Waals surface area (Å²) < 4.78 is 5.60. The Morgan fingerprint density at radius 3 is 2.55 bits per heavy atom. The zero-order valence-electron chi connectivity index (χ0n) is 12.9. The van der Waals surface area contributed by atoms with Crippen LogP contribution in [0.15, 0.2) is 24.3 Å². The zero-order chi connectivity index (χ0) is 14.6. The number of β-amino-alcohol motifs (C(OH)–C–C–N with tert-alkyl or cyclic N) is 1. The lowest BCUT2D eigenvalue weighted by atomic mass is 9.82. The number of para-hydroxylation sites is 1. The molecule has 1 saturated heterocycles. The van der Waals surface area contributed by atoms with Gasteiger partial charge in [-0.3, -0.25) is 0 Å². The molecule has 0 spiro atoms. The van der Waals surface area contributed by atoms with Gasteiger partial charge in [-0.05, 0) is 44.3 Å². The first-order valence-corrected chi connectivity index (χ1v) is 7.64. The minimum atomic E-state index is -0.473. The summed E-state index contributed by atoms with van der Waals surface area (Å²) in [6, 6.07) is 7.80. The van der Waals surface area contributed by atoms with Crippen molar-refractivity contribution in [2.24, 2.45) is 5.41 Å². The number of aliphatic hydroxyl groups is 1. The van der Waals surface area contributed by atoms with Crippen molar-refractivity contribution < 1.29 is 9.84 Å². The first-order valence-electron chi connectivity index (χ1n) is 7.64. The van der Waals surface area contributed by atoms with E-state index in [-0.39, 0.29) is 0 Å². The number of hydrogen-bond donors (Lipinski definition) is 1. The maximum Gasteiger partial charge on any atom is 0.125 e. The number of benzene rings is 1. The normalized spacial score (nSPS) is 20.6. The fraction of sp³-hybridized carbons (Fsp3) is 0.647. The Kier molecular flexibility index (Phi) is 5.06. The number of likely N-dealkylation sites (tertiary alicyclic amines) is 1. The summed E-state index contributed by atoms with van der Waals surface area (Å²) in [6.45, 7) is 10.1. The Balaban J connectivity index is 1.97. The van der Waals surface area contributed by atoms with Crippen LogP contribution in [0.3, 0.4) is 0 Å². The lowest BCUT2D eigenvalue weighted by Crippen LogP contribution is -2.39. The molecule has 0 aliphatic carbocycles. The van der Waals surface area contributed by atoms with Crippen LogP contribution in [0, 0.1) is 5.41 Å². The van der Waals surface area contributed by atoms with Crippen molar-refractivity contribution in [3.8, 4) is 5.75 Å². The number of rotatable bonds is 5. The third-order valence-corrected chi connectivity index (χ3v) is 4.22. The van der Waals surface area contributed by atoms with Crippen LogP contribution >= 0.6 is 0 Å². The SMILES string of the molecule is CCOc1ccccc1C(O)CN1CCC(C)(C)CC1. The summed E-state index contributed by atoms with van der Waals surface area (Å²) >= 11 is 0. The van der Waals surface area contributed by atoms with E-state index in [4.69, 9.17) is 4.74 Å². The van der Waals surface area contributed by atoms with Crippen molar-refractivity contribution in [1.29, 1.82) is 0 Å². The van der Waals surface area contributed by atoms with Gasteiger partial charge in [-0.1, -0.05) is 32.0 Å². The lowest BCUT2D eigenvalue weighted by Gasteiger charge is -2.37. The second-order valence-corrected chi connectivity index (χ2v) is 6.45. The van der Waals surface area contributed by atoms with E-state index in [9.17, 15) is 5.11 Å². The van der Waals surface area contributed by atoms with E-state index < -0.39 is 6.10 Å². The molecule has 0 aromatic heterocycles. The second kappa shape index (κ2) is 6.59. The van der Waals surface area contributed by atoms with E-state index >= 15 is 0 Å². The highest BCUT2D eigenvalue weighted by Gasteiger charge is 2.27. The minimum Gasteiger partial charge on any atom is -0.493 e. The van der Waals surface area contributed by atoms with Crippen molar-refractivity contribution in [3.63, 3.8) is 0 Å². The smallest absolute Gasteiger partial charge is 0.125 e. The number of piperidine rings is 1. The molecule has 20 heavy (non-hydrogen) atoms. The van der Waals surface area contributed by atoms with Gasteiger partial charge in [0.05, 0.1) is 12.7 Å². The third-order valence-electron chi connectivity index (χ3n) is 4.22. The average Bonchev–Trinajstić information content (AvgIpc) is 2.42. The Bertz CT molecular complexity index is 421. The highest BCUT2D eigenvalue weighted by Crippen LogP contribution is 2.31. The van der Waals surface area contributed by atoms with Gasteiger partial charge in [-0.2, -0.15) is 0 Å². The van der Waals surface area contributed by atoms with E-state index in [1.165, 1.54) is 12.8 Å². The van der Waals surface area contributed by atoms with Gasteiger partial charge in [0, 0.05) is 12.1 Å². The zero-order valence-corrected chi connectivity index (χ0v) is 12.9. The molecule has 3 heteroatoms. The summed E-state index contributed by atoms with van der Waals surface area (Å²) in [4.78, 5) is 2.36. The van der Waals surface area contributed by atoms with E-state index in [1.54, 1.807) is 0 Å². The van der Waals surface area contributed by atoms with E-state index in [0.29, 0.717) is 18.6 Å². The minimum absolute atomic E-state index is 0.449. The molecule has 3 nitrogen and oxygen atoms in total. The first kappa shape index (κ1) is 15.3. The summed E-state index contributed by atoms with van der Waals surface area (Å²) in [5.74, 6) is 0.805. The molecule has 1 fully saturated rings. The van der Waals surface area contributed by atoms with Gasteiger partial charge < -0.3 is 14.7 Å². The van der Waals surface area contributed by atoms with Crippen LogP contribution in [0.1, 0.15) is 45.3 Å². The molecule has 0 amide bonds. The summed E-state index contributed by atoms with van der Waals surface area (Å²) in [5, 5.41) is 10.5. The van der Waals surface area contributed by atoms with Crippen molar-refractivity contribution >= 4 is 0 Å². The fourth-order valence-corrected chi connectivity index (χ4v) is 2.73. The third kappa shape index (κ3) is 3.97. The Morgan fingerprint density at radius 1 is 1.25 bits per heavy atom. The topological polar surface area (TPSA) is 32.7 Å². The molecule has 2 rings (SSSR count). The van der Waals surface area contributed by atoms with Gasteiger partial charge in [-0.25, -0.2) is 0 Å². The Hall–Kier alpha value is -1.06. The van der Waals surface area contributed by atoms with Gasteiger partial charge in [0.25, 0.3) is 0 Å². The Morgan fingerprint density at radius 2 is 1.90 bits per heavy atom. The predicted octanol–water partition coefficient (Wildman–Crippen LogP) is 3.24. The fourth-order valence-electron chi connectivity index (χ4n) is 2.73. The number of aliphatic hydroxyl groups excluding tert-OH is 1. The van der Waals surface area contributed by atoms with Crippen LogP contribution in [0.4, 0.5) is 0 Å². The van der Waals surface area contributed by atoms with Gasteiger partial charge in [0.1, 0.15) is 5.75 Å². The molecular formula is C17H27NO2. The average molecular weight is 277 g/mol. The van der Waals surface area contributed by atoms with Crippen LogP contribution in [0.25, 0.3) is 0 Å². The predicted molar refractivity (Wildman–Crippen MR) is 82.0 cm³/mol. The van der Waals surface area contributed by atoms with Gasteiger partial charge >= 0.3 is 0 Å². The number of hydrogen-bond acceptors (Lipinski definition) is 3. The molecule has 0 bridgehead atoms. The molecule has 1 heterocycles. The van der Waals surface area contributed by atoms with Crippen molar-refractivity contribution in [2.45, 2.75) is 39.7 Å². The Labute approximate surface area is 122 Å². The molecule has 1 atom stereocenters. The molecule has 1 N–H and O–H groups in total. The molecular weight excluding hydrogens is 250 g/mol. The molecule has 1 unspecified atom stereocenters. The summed E-state index contributed by atoms with van der Waals surface area (Å²) in [5.41, 5.74) is 1.35. The van der Waals surface area contributed by atoms with Gasteiger partial charge in [-0.15, -0.1) is 0 Å². The highest BCUT2D eigenvalue weighted by atomic mass is 16.5. The maximum absolute atomic E-state index is 10.5. The standard InChI is InChI=1S/C17H27NO2/c1-4-20-16-8-6-5-7-14(16)15(19)13-18-11-9-17(2,3)10-12-18/h5-8,15,19H,4,9-13H2,1-3H3. The van der Waals surface area contributed by atoms with Crippen LogP contribution in [-0.2, 0) is 0 Å². The largest absolute Gasteiger partial charge is 0.493 e. The number of nitrogens with zero attached hydrogens (tertiary/aromatic N) is 1. The van der Waals surface area contributed by atoms with Crippen molar-refractivity contribution in [3.05, 3.63) is 29.8 Å². The number of ether oxygens (including phenoxy) is 1. The van der Waals surface area contributed by atoms with Gasteiger partial charge in [0.2, 0.25) is 0 Å². The summed E-state index contributed by atoms with van der Waals surface area (Å²) in [6.07, 6.45) is 1.93. The van der Waals surface area contributed by atoms with Crippen LogP contribution in [0.2, 0.25) is 0 Å². The first-order chi connectivity index (χ1) is 9.52. The van der Waals surface area contributed by atoms with E-state index in [1.807, 2.05) is 31.2 Å². The van der Waals surface area contributed by atoms with E-state index in [0.717, 1.165) is 24.4 Å². The van der Waals surface area contributed by atoms with Crippen molar-refractivity contribution in [2.75, 3.05) is 26.2 Å².